The second-order valence-corrected chi connectivity index (χ2v) is 4.71. The number of rotatable bonds is 0. The van der Waals surface area contributed by atoms with Gasteiger partial charge in [0, 0.05) is 0 Å². The summed E-state index contributed by atoms with van der Waals surface area (Å²) in [6.45, 7) is 3.21. The molecule has 2 unspecified atom stereocenters. The van der Waals surface area contributed by atoms with Crippen molar-refractivity contribution in [3.8, 4) is 0 Å². The minimum absolute atomic E-state index is 0.0877. The van der Waals surface area contributed by atoms with Crippen molar-refractivity contribution >= 4 is 46.4 Å². The van der Waals surface area contributed by atoms with E-state index in [2.05, 4.69) is 0 Å². The van der Waals surface area contributed by atoms with E-state index in [-0.39, 0.29) is 10.1 Å². The molecule has 0 heterocycles. The van der Waals surface area contributed by atoms with Gasteiger partial charge in [-0.1, -0.05) is 34.8 Å². The van der Waals surface area contributed by atoms with E-state index in [1.807, 2.05) is 0 Å². The number of alkyl halides is 1. The monoisotopic (exact) mass is 260 g/mol. The van der Waals surface area contributed by atoms with E-state index in [1.165, 1.54) is 6.92 Å². The molecular formula is C8H8Cl4O. The Morgan fingerprint density at radius 3 is 2.15 bits per heavy atom. The van der Waals surface area contributed by atoms with E-state index in [9.17, 15) is 5.11 Å². The highest BCUT2D eigenvalue weighted by atomic mass is 35.5. The van der Waals surface area contributed by atoms with Crippen LogP contribution in [0.1, 0.15) is 13.8 Å². The average Bonchev–Trinajstić information content (AvgIpc) is 2.09. The van der Waals surface area contributed by atoms with Crippen LogP contribution in [0.4, 0.5) is 0 Å². The van der Waals surface area contributed by atoms with Crippen molar-refractivity contribution in [2.45, 2.75) is 24.8 Å². The van der Waals surface area contributed by atoms with E-state index >= 15 is 0 Å². The summed E-state index contributed by atoms with van der Waals surface area (Å²) >= 11 is 23.4. The molecule has 0 bridgehead atoms. The Bertz CT molecular complexity index is 303. The van der Waals surface area contributed by atoms with E-state index < -0.39 is 11.0 Å². The summed E-state index contributed by atoms with van der Waals surface area (Å²) in [6, 6.07) is 0. The zero-order chi connectivity index (χ0) is 10.4. The third kappa shape index (κ3) is 1.73. The molecule has 1 N–H and O–H groups in total. The highest BCUT2D eigenvalue weighted by Gasteiger charge is 2.41. The molecule has 0 saturated carbocycles. The molecule has 0 aromatic carbocycles. The Kier molecular flexibility index (Phi) is 3.26. The minimum atomic E-state index is -1.34. The summed E-state index contributed by atoms with van der Waals surface area (Å²) in [5.41, 5.74) is -0.717. The molecule has 0 fully saturated rings. The van der Waals surface area contributed by atoms with Crippen LogP contribution in [0.3, 0.4) is 0 Å². The maximum Gasteiger partial charge on any atom is 0.119 e. The molecule has 0 radical (unpaired) electrons. The number of allylic oxidation sites excluding steroid dienone is 2. The fraction of sp³-hybridized carbons (Fsp3) is 0.500. The molecule has 5 heteroatoms. The molecule has 0 spiro atoms. The van der Waals surface area contributed by atoms with Crippen LogP contribution >= 0.6 is 46.4 Å². The molecular weight excluding hydrogens is 254 g/mol. The molecule has 0 aliphatic heterocycles. The highest BCUT2D eigenvalue weighted by molar-refractivity contribution is 6.49. The van der Waals surface area contributed by atoms with E-state index in [0.717, 1.165) is 0 Å². The van der Waals surface area contributed by atoms with Crippen molar-refractivity contribution in [1.29, 1.82) is 0 Å². The van der Waals surface area contributed by atoms with Crippen molar-refractivity contribution < 1.29 is 5.11 Å². The predicted molar refractivity (Wildman–Crippen MR) is 57.5 cm³/mol. The first-order chi connectivity index (χ1) is 5.80. The molecule has 13 heavy (non-hydrogen) atoms. The van der Waals surface area contributed by atoms with Crippen LogP contribution in [-0.4, -0.2) is 16.1 Å². The normalized spacial score (nSPS) is 35.8. The lowest BCUT2D eigenvalue weighted by Crippen LogP contribution is -2.39. The second kappa shape index (κ2) is 3.63. The maximum absolute atomic E-state index is 9.87. The van der Waals surface area contributed by atoms with Gasteiger partial charge in [-0.25, -0.2) is 0 Å². The Hall–Kier alpha value is 0.600. The van der Waals surface area contributed by atoms with Crippen LogP contribution in [0, 0.1) is 0 Å². The summed E-state index contributed by atoms with van der Waals surface area (Å²) < 4.78 is 0. The third-order valence-electron chi connectivity index (χ3n) is 2.05. The SMILES string of the molecule is CC1=C(Cl)C(Cl)=C(Cl)C(C)(O)C1Cl. The number of hydrogen-bond acceptors (Lipinski definition) is 1. The molecule has 2 atom stereocenters. The second-order valence-electron chi connectivity index (χ2n) is 3.14. The number of hydrogen-bond donors (Lipinski definition) is 1. The lowest BCUT2D eigenvalue weighted by atomic mass is 9.91. The van der Waals surface area contributed by atoms with Crippen LogP contribution in [0.25, 0.3) is 0 Å². The van der Waals surface area contributed by atoms with Gasteiger partial charge in [0.1, 0.15) is 5.60 Å². The van der Waals surface area contributed by atoms with Crippen molar-refractivity contribution in [2.24, 2.45) is 0 Å². The van der Waals surface area contributed by atoms with Crippen LogP contribution in [0.2, 0.25) is 0 Å². The Morgan fingerprint density at radius 2 is 1.69 bits per heavy atom. The lowest BCUT2D eigenvalue weighted by molar-refractivity contribution is 0.109. The van der Waals surface area contributed by atoms with Gasteiger partial charge in [0.2, 0.25) is 0 Å². The molecule has 1 rings (SSSR count). The summed E-state index contributed by atoms with van der Waals surface area (Å²) in [7, 11) is 0. The van der Waals surface area contributed by atoms with Crippen LogP contribution in [-0.2, 0) is 0 Å². The van der Waals surface area contributed by atoms with Crippen LogP contribution in [0.5, 0.6) is 0 Å². The molecule has 1 aliphatic carbocycles. The zero-order valence-corrected chi connectivity index (χ0v) is 10.1. The smallest absolute Gasteiger partial charge is 0.119 e. The first kappa shape index (κ1) is 11.7. The molecule has 0 aromatic rings. The Labute approximate surface area is 96.9 Å². The molecule has 0 amide bonds. The summed E-state index contributed by atoms with van der Waals surface area (Å²) in [5, 5.41) is 9.80. The van der Waals surface area contributed by atoms with Crippen molar-refractivity contribution in [3.05, 3.63) is 20.7 Å². The molecule has 1 nitrogen and oxygen atoms in total. The summed E-state index contributed by atoms with van der Waals surface area (Å²) in [5.74, 6) is 0. The lowest BCUT2D eigenvalue weighted by Gasteiger charge is -2.33. The Morgan fingerprint density at radius 1 is 1.23 bits per heavy atom. The maximum atomic E-state index is 9.87. The van der Waals surface area contributed by atoms with Gasteiger partial charge in [0.15, 0.2) is 0 Å². The molecule has 0 aromatic heterocycles. The van der Waals surface area contributed by atoms with Gasteiger partial charge in [-0.3, -0.25) is 0 Å². The van der Waals surface area contributed by atoms with E-state index in [0.29, 0.717) is 10.6 Å². The molecule has 74 valence electrons. The van der Waals surface area contributed by atoms with Gasteiger partial charge in [0.05, 0.1) is 20.5 Å². The first-order valence-electron chi connectivity index (χ1n) is 3.59. The standard InChI is InChI=1S/C8H8Cl4O/c1-3-4(9)5(10)7(12)8(2,13)6(3)11/h6,13H,1-2H3. The topological polar surface area (TPSA) is 20.2 Å². The van der Waals surface area contributed by atoms with Crippen LogP contribution < -0.4 is 0 Å². The minimum Gasteiger partial charge on any atom is -0.383 e. The van der Waals surface area contributed by atoms with Gasteiger partial charge in [-0.15, -0.1) is 11.6 Å². The number of aliphatic hydroxyl groups is 1. The van der Waals surface area contributed by atoms with Gasteiger partial charge in [0.25, 0.3) is 0 Å². The summed E-state index contributed by atoms with van der Waals surface area (Å²) in [4.78, 5) is 0. The third-order valence-corrected chi connectivity index (χ3v) is 4.43. The predicted octanol–water partition coefficient (Wildman–Crippen LogP) is 3.56. The van der Waals surface area contributed by atoms with Gasteiger partial charge < -0.3 is 5.11 Å². The zero-order valence-electron chi connectivity index (χ0n) is 7.04. The van der Waals surface area contributed by atoms with Gasteiger partial charge >= 0.3 is 0 Å². The quantitative estimate of drug-likeness (QED) is 0.661. The molecule has 0 saturated heterocycles. The summed E-state index contributed by atoms with van der Waals surface area (Å²) in [6.07, 6.45) is 0. The van der Waals surface area contributed by atoms with Gasteiger partial charge in [-0.2, -0.15) is 0 Å². The van der Waals surface area contributed by atoms with Gasteiger partial charge in [-0.05, 0) is 19.4 Å². The van der Waals surface area contributed by atoms with E-state index in [4.69, 9.17) is 46.4 Å². The largest absolute Gasteiger partial charge is 0.383 e. The molecule has 1 aliphatic rings. The van der Waals surface area contributed by atoms with Crippen LogP contribution in [0.15, 0.2) is 20.7 Å². The van der Waals surface area contributed by atoms with Crippen molar-refractivity contribution in [2.75, 3.05) is 0 Å². The highest BCUT2D eigenvalue weighted by Crippen LogP contribution is 2.44. The fourth-order valence-corrected chi connectivity index (χ4v) is 2.26. The van der Waals surface area contributed by atoms with Crippen molar-refractivity contribution in [3.63, 3.8) is 0 Å². The Balaban J connectivity index is 3.32. The fourth-order valence-electron chi connectivity index (χ4n) is 1.14. The van der Waals surface area contributed by atoms with E-state index in [1.54, 1.807) is 6.92 Å². The number of halogens is 4. The first-order valence-corrected chi connectivity index (χ1v) is 5.16. The average molecular weight is 262 g/mol. The van der Waals surface area contributed by atoms with Crippen molar-refractivity contribution in [1.82, 2.24) is 0 Å².